The molecule has 0 fully saturated rings. The molecule has 4 heteroatoms. The molecular weight excluding hydrogens is 222 g/mol. The molecule has 0 saturated carbocycles. The normalized spacial score (nSPS) is 14.9. The Morgan fingerprint density at radius 2 is 2.38 bits per heavy atom. The van der Waals surface area contributed by atoms with Crippen LogP contribution in [0, 0.1) is 0 Å². The fourth-order valence-corrected chi connectivity index (χ4v) is 2.60. The van der Waals surface area contributed by atoms with E-state index in [9.17, 15) is 0 Å². The number of nitrogens with one attached hydrogen (secondary N) is 1. The van der Waals surface area contributed by atoms with Crippen LogP contribution in [0.25, 0.3) is 0 Å². The van der Waals surface area contributed by atoms with Crippen molar-refractivity contribution in [1.82, 2.24) is 5.32 Å². The molecule has 3 nitrogen and oxygen atoms in total. The summed E-state index contributed by atoms with van der Waals surface area (Å²) in [5.74, 6) is 0. The predicted molar refractivity (Wildman–Crippen MR) is 68.0 cm³/mol. The van der Waals surface area contributed by atoms with Crippen LogP contribution in [0.3, 0.4) is 0 Å². The van der Waals surface area contributed by atoms with Crippen molar-refractivity contribution in [2.24, 2.45) is 0 Å². The summed E-state index contributed by atoms with van der Waals surface area (Å²) in [5, 5.41) is 14.5. The number of aliphatic hydroxyl groups excluding tert-OH is 1. The molecule has 0 amide bonds. The maximum Gasteiger partial charge on any atom is 0.0616 e. The van der Waals surface area contributed by atoms with E-state index in [0.717, 1.165) is 12.8 Å². The van der Waals surface area contributed by atoms with Crippen LogP contribution in [0.5, 0.6) is 0 Å². The summed E-state index contributed by atoms with van der Waals surface area (Å²) in [6, 6.07) is 4.88. The van der Waals surface area contributed by atoms with Gasteiger partial charge >= 0.3 is 0 Å². The van der Waals surface area contributed by atoms with Gasteiger partial charge in [0.1, 0.15) is 0 Å². The first kappa shape index (κ1) is 13.6. The molecule has 2 unspecified atom stereocenters. The Balaban J connectivity index is 2.32. The van der Waals surface area contributed by atoms with Crippen LogP contribution in [0.15, 0.2) is 17.5 Å². The highest BCUT2D eigenvalue weighted by Crippen LogP contribution is 2.11. The number of thiophene rings is 1. The zero-order valence-corrected chi connectivity index (χ0v) is 10.8. The van der Waals surface area contributed by atoms with E-state index in [2.05, 4.69) is 29.8 Å². The molecule has 2 atom stereocenters. The molecule has 2 N–H and O–H groups in total. The minimum atomic E-state index is 0.201. The SMILES string of the molecule is COCC(CCO)NC(C)Cc1cccs1. The molecule has 1 aromatic rings. The van der Waals surface area contributed by atoms with E-state index in [1.165, 1.54) is 4.88 Å². The van der Waals surface area contributed by atoms with Crippen molar-refractivity contribution < 1.29 is 9.84 Å². The summed E-state index contributed by atoms with van der Waals surface area (Å²) in [6.07, 6.45) is 1.77. The summed E-state index contributed by atoms with van der Waals surface area (Å²) in [7, 11) is 1.69. The largest absolute Gasteiger partial charge is 0.396 e. The van der Waals surface area contributed by atoms with Crippen molar-refractivity contribution in [3.63, 3.8) is 0 Å². The quantitative estimate of drug-likeness (QED) is 0.730. The molecule has 0 aromatic carbocycles. The Morgan fingerprint density at radius 1 is 1.56 bits per heavy atom. The average molecular weight is 243 g/mol. The fourth-order valence-electron chi connectivity index (χ4n) is 1.76. The Hall–Kier alpha value is -0.420. The third kappa shape index (κ3) is 5.07. The van der Waals surface area contributed by atoms with E-state index in [1.807, 2.05) is 0 Å². The number of aliphatic hydroxyl groups is 1. The predicted octanol–water partition coefficient (Wildman–Crippen LogP) is 1.67. The van der Waals surface area contributed by atoms with Crippen LogP contribution in [-0.2, 0) is 11.2 Å². The van der Waals surface area contributed by atoms with Crippen LogP contribution in [0.1, 0.15) is 18.2 Å². The minimum absolute atomic E-state index is 0.201. The van der Waals surface area contributed by atoms with E-state index in [0.29, 0.717) is 12.6 Å². The fraction of sp³-hybridized carbons (Fsp3) is 0.667. The van der Waals surface area contributed by atoms with Crippen molar-refractivity contribution in [2.75, 3.05) is 20.3 Å². The van der Waals surface area contributed by atoms with E-state index in [4.69, 9.17) is 9.84 Å². The van der Waals surface area contributed by atoms with Crippen molar-refractivity contribution >= 4 is 11.3 Å². The average Bonchev–Trinajstić information content (AvgIpc) is 2.71. The lowest BCUT2D eigenvalue weighted by Crippen LogP contribution is -2.41. The molecule has 0 bridgehead atoms. The highest BCUT2D eigenvalue weighted by molar-refractivity contribution is 7.09. The number of hydrogen-bond donors (Lipinski definition) is 2. The molecule has 1 aromatic heterocycles. The molecule has 0 aliphatic heterocycles. The minimum Gasteiger partial charge on any atom is -0.396 e. The second-order valence-electron chi connectivity index (χ2n) is 4.02. The van der Waals surface area contributed by atoms with Crippen LogP contribution in [-0.4, -0.2) is 37.5 Å². The van der Waals surface area contributed by atoms with Crippen molar-refractivity contribution in [1.29, 1.82) is 0 Å². The van der Waals surface area contributed by atoms with E-state index in [1.54, 1.807) is 18.4 Å². The van der Waals surface area contributed by atoms with E-state index in [-0.39, 0.29) is 12.6 Å². The van der Waals surface area contributed by atoms with Gasteiger partial charge in [-0.1, -0.05) is 6.07 Å². The standard InChI is InChI=1S/C12H21NO2S/c1-10(8-12-4-3-7-16-12)13-11(5-6-14)9-15-2/h3-4,7,10-11,13-14H,5-6,8-9H2,1-2H3. The second kappa shape index (κ2) is 7.79. The maximum atomic E-state index is 8.94. The van der Waals surface area contributed by atoms with Crippen molar-refractivity contribution in [3.05, 3.63) is 22.4 Å². The van der Waals surface area contributed by atoms with Gasteiger partial charge in [-0.25, -0.2) is 0 Å². The Bertz CT molecular complexity index is 258. The lowest BCUT2D eigenvalue weighted by Gasteiger charge is -2.21. The summed E-state index contributed by atoms with van der Waals surface area (Å²) in [5.41, 5.74) is 0. The van der Waals surface area contributed by atoms with Gasteiger partial charge < -0.3 is 15.2 Å². The van der Waals surface area contributed by atoms with Gasteiger partial charge in [0.25, 0.3) is 0 Å². The first-order valence-corrected chi connectivity index (χ1v) is 6.52. The lowest BCUT2D eigenvalue weighted by atomic mass is 10.1. The van der Waals surface area contributed by atoms with Crippen molar-refractivity contribution in [3.8, 4) is 0 Å². The van der Waals surface area contributed by atoms with Crippen molar-refractivity contribution in [2.45, 2.75) is 31.8 Å². The first-order chi connectivity index (χ1) is 7.76. The summed E-state index contributed by atoms with van der Waals surface area (Å²) in [4.78, 5) is 1.39. The molecule has 92 valence electrons. The van der Waals surface area contributed by atoms with Crippen LogP contribution < -0.4 is 5.32 Å². The topological polar surface area (TPSA) is 41.5 Å². The molecule has 0 spiro atoms. The van der Waals surface area contributed by atoms with Gasteiger partial charge in [-0.3, -0.25) is 0 Å². The van der Waals surface area contributed by atoms with E-state index < -0.39 is 0 Å². The Kier molecular flexibility index (Phi) is 6.64. The highest BCUT2D eigenvalue weighted by Gasteiger charge is 2.12. The monoisotopic (exact) mass is 243 g/mol. The smallest absolute Gasteiger partial charge is 0.0616 e. The Labute approximate surface area is 101 Å². The molecule has 0 aliphatic rings. The lowest BCUT2D eigenvalue weighted by molar-refractivity contribution is 0.143. The zero-order valence-electron chi connectivity index (χ0n) is 9.98. The number of methoxy groups -OCH3 is 1. The third-order valence-electron chi connectivity index (χ3n) is 2.45. The molecule has 1 heterocycles. The molecule has 0 radical (unpaired) electrons. The van der Waals surface area contributed by atoms with Gasteiger partial charge in [-0.2, -0.15) is 0 Å². The highest BCUT2D eigenvalue weighted by atomic mass is 32.1. The number of hydrogen-bond acceptors (Lipinski definition) is 4. The van der Waals surface area contributed by atoms with Gasteiger partial charge in [-0.15, -0.1) is 11.3 Å². The van der Waals surface area contributed by atoms with Crippen LogP contribution >= 0.6 is 11.3 Å². The van der Waals surface area contributed by atoms with Crippen LogP contribution in [0.4, 0.5) is 0 Å². The summed E-state index contributed by atoms with van der Waals surface area (Å²) >= 11 is 1.78. The van der Waals surface area contributed by atoms with Gasteiger partial charge in [0.05, 0.1) is 6.61 Å². The molecule has 0 aliphatic carbocycles. The second-order valence-corrected chi connectivity index (χ2v) is 5.05. The number of ether oxygens (including phenoxy) is 1. The molecule has 0 saturated heterocycles. The third-order valence-corrected chi connectivity index (χ3v) is 3.35. The molecular formula is C12H21NO2S. The van der Waals surface area contributed by atoms with Gasteiger partial charge in [0.2, 0.25) is 0 Å². The van der Waals surface area contributed by atoms with Gasteiger partial charge in [0, 0.05) is 30.7 Å². The van der Waals surface area contributed by atoms with E-state index >= 15 is 0 Å². The first-order valence-electron chi connectivity index (χ1n) is 5.64. The van der Waals surface area contributed by atoms with Crippen LogP contribution in [0.2, 0.25) is 0 Å². The zero-order chi connectivity index (χ0) is 11.8. The summed E-state index contributed by atoms with van der Waals surface area (Å²) in [6.45, 7) is 3.02. The maximum absolute atomic E-state index is 8.94. The van der Waals surface area contributed by atoms with Gasteiger partial charge in [-0.05, 0) is 31.2 Å². The molecule has 16 heavy (non-hydrogen) atoms. The number of rotatable bonds is 8. The molecule has 1 rings (SSSR count). The van der Waals surface area contributed by atoms with Gasteiger partial charge in [0.15, 0.2) is 0 Å². The summed E-state index contributed by atoms with van der Waals surface area (Å²) < 4.78 is 5.12. The Morgan fingerprint density at radius 3 is 2.94 bits per heavy atom.